The normalized spacial score (nSPS) is 10.7. The van der Waals surface area contributed by atoms with Crippen LogP contribution < -0.4 is 14.2 Å². The summed E-state index contributed by atoms with van der Waals surface area (Å²) in [6.07, 6.45) is 2.94. The topological polar surface area (TPSA) is 44.8 Å². The summed E-state index contributed by atoms with van der Waals surface area (Å²) >= 11 is 0. The first kappa shape index (κ1) is 20.1. The van der Waals surface area contributed by atoms with Crippen LogP contribution in [0.3, 0.4) is 0 Å². The maximum Gasteiger partial charge on any atom is 0.188 e. The van der Waals surface area contributed by atoms with Gasteiger partial charge in [0.25, 0.3) is 0 Å². The molecule has 0 fully saturated rings. The highest BCUT2D eigenvalue weighted by Gasteiger charge is 2.10. The molecule has 4 nitrogen and oxygen atoms in total. The van der Waals surface area contributed by atoms with E-state index in [1.165, 1.54) is 25.3 Å². The maximum absolute atomic E-state index is 14.1. The Labute approximate surface area is 169 Å². The molecule has 0 N–H and O–H groups in total. The Morgan fingerprint density at radius 3 is 2.41 bits per heavy atom. The first-order chi connectivity index (χ1) is 14.1. The molecule has 0 aliphatic heterocycles. The molecule has 0 bridgehead atoms. The highest BCUT2D eigenvalue weighted by atomic mass is 19.1. The quantitative estimate of drug-likeness (QED) is 0.385. The monoisotopic (exact) mass is 392 g/mol. The van der Waals surface area contributed by atoms with E-state index in [2.05, 4.69) is 0 Å². The number of benzene rings is 3. The number of allylic oxidation sites excluding steroid dienone is 1. The van der Waals surface area contributed by atoms with E-state index in [-0.39, 0.29) is 5.56 Å². The Morgan fingerprint density at radius 1 is 0.931 bits per heavy atom. The third-order valence-corrected chi connectivity index (χ3v) is 4.29. The first-order valence-electron chi connectivity index (χ1n) is 9.01. The van der Waals surface area contributed by atoms with Gasteiger partial charge < -0.3 is 14.2 Å². The Balaban J connectivity index is 1.75. The van der Waals surface area contributed by atoms with E-state index in [0.717, 1.165) is 11.1 Å². The predicted molar refractivity (Wildman–Crippen MR) is 110 cm³/mol. The molecule has 0 saturated carbocycles. The van der Waals surface area contributed by atoms with Crippen molar-refractivity contribution >= 4 is 11.9 Å². The van der Waals surface area contributed by atoms with Crippen LogP contribution in [0.1, 0.15) is 21.5 Å². The molecule has 3 aromatic carbocycles. The van der Waals surface area contributed by atoms with Crippen molar-refractivity contribution in [1.29, 1.82) is 0 Å². The Bertz CT molecular complexity index is 1010. The lowest BCUT2D eigenvalue weighted by molar-refractivity contribution is 0.104. The van der Waals surface area contributed by atoms with E-state index in [4.69, 9.17) is 14.2 Å². The molecule has 0 aliphatic carbocycles. The van der Waals surface area contributed by atoms with E-state index in [9.17, 15) is 9.18 Å². The number of ketones is 1. The summed E-state index contributed by atoms with van der Waals surface area (Å²) in [6.45, 7) is 0.389. The molecule has 0 unspecified atom stereocenters. The van der Waals surface area contributed by atoms with Crippen molar-refractivity contribution in [1.82, 2.24) is 0 Å². The molecule has 29 heavy (non-hydrogen) atoms. The van der Waals surface area contributed by atoms with Crippen molar-refractivity contribution < 1.29 is 23.4 Å². The average molecular weight is 392 g/mol. The molecule has 3 aromatic rings. The highest BCUT2D eigenvalue weighted by Crippen LogP contribution is 2.29. The number of hydrogen-bond donors (Lipinski definition) is 0. The van der Waals surface area contributed by atoms with Crippen LogP contribution in [-0.4, -0.2) is 20.0 Å². The second kappa shape index (κ2) is 9.55. The van der Waals surface area contributed by atoms with Crippen molar-refractivity contribution in [2.75, 3.05) is 14.2 Å². The number of rotatable bonds is 8. The molecule has 5 heteroatoms. The van der Waals surface area contributed by atoms with Crippen LogP contribution in [0, 0.1) is 5.82 Å². The van der Waals surface area contributed by atoms with Gasteiger partial charge in [-0.3, -0.25) is 4.79 Å². The van der Waals surface area contributed by atoms with Gasteiger partial charge >= 0.3 is 0 Å². The van der Waals surface area contributed by atoms with Crippen molar-refractivity contribution in [2.24, 2.45) is 0 Å². The number of carbonyl (C=O) groups excluding carboxylic acids is 1. The van der Waals surface area contributed by atoms with Gasteiger partial charge in [-0.1, -0.05) is 42.5 Å². The Morgan fingerprint density at radius 2 is 1.72 bits per heavy atom. The van der Waals surface area contributed by atoms with Crippen LogP contribution in [0.25, 0.3) is 6.08 Å². The van der Waals surface area contributed by atoms with E-state index in [1.54, 1.807) is 37.5 Å². The van der Waals surface area contributed by atoms with Crippen LogP contribution in [0.5, 0.6) is 17.2 Å². The third-order valence-electron chi connectivity index (χ3n) is 4.29. The largest absolute Gasteiger partial charge is 0.497 e. The zero-order valence-corrected chi connectivity index (χ0v) is 16.2. The third kappa shape index (κ3) is 5.23. The second-order valence-electron chi connectivity index (χ2n) is 6.23. The lowest BCUT2D eigenvalue weighted by Crippen LogP contribution is -1.99. The fourth-order valence-electron chi connectivity index (χ4n) is 2.73. The van der Waals surface area contributed by atoms with E-state index in [1.807, 2.05) is 30.3 Å². The molecule has 0 saturated heterocycles. The summed E-state index contributed by atoms with van der Waals surface area (Å²) < 4.78 is 30.2. The van der Waals surface area contributed by atoms with Crippen LogP contribution in [-0.2, 0) is 6.61 Å². The van der Waals surface area contributed by atoms with Gasteiger partial charge in [0.15, 0.2) is 17.3 Å². The summed E-state index contributed by atoms with van der Waals surface area (Å²) in [7, 11) is 3.01. The standard InChI is InChI=1S/C24H21FO4/c1-27-19-10-11-20(21(25)15-19)22(26)12-8-17-9-13-23(28-2)24(14-17)29-16-18-6-4-3-5-7-18/h3-15H,16H2,1-2H3. The van der Waals surface area contributed by atoms with Gasteiger partial charge in [0.1, 0.15) is 18.2 Å². The molecule has 3 rings (SSSR count). The van der Waals surface area contributed by atoms with Crippen LogP contribution in [0.2, 0.25) is 0 Å². The minimum Gasteiger partial charge on any atom is -0.497 e. The SMILES string of the molecule is COc1ccc(C(=O)C=Cc2ccc(OC)c(OCc3ccccc3)c2)c(F)c1. The van der Waals surface area contributed by atoms with Gasteiger partial charge in [0.2, 0.25) is 0 Å². The maximum atomic E-state index is 14.1. The Hall–Kier alpha value is -3.60. The number of methoxy groups -OCH3 is 2. The van der Waals surface area contributed by atoms with Crippen molar-refractivity contribution in [3.8, 4) is 17.2 Å². The van der Waals surface area contributed by atoms with E-state index < -0.39 is 11.6 Å². The molecule has 0 atom stereocenters. The van der Waals surface area contributed by atoms with Crippen molar-refractivity contribution in [3.05, 3.63) is 95.3 Å². The lowest BCUT2D eigenvalue weighted by atomic mass is 10.1. The first-order valence-corrected chi connectivity index (χ1v) is 9.01. The summed E-state index contributed by atoms with van der Waals surface area (Å²) in [5.74, 6) is 0.443. The van der Waals surface area contributed by atoms with Gasteiger partial charge in [-0.05, 0) is 41.5 Å². The minimum atomic E-state index is -0.624. The van der Waals surface area contributed by atoms with Gasteiger partial charge in [-0.2, -0.15) is 0 Å². The van der Waals surface area contributed by atoms with Gasteiger partial charge in [-0.15, -0.1) is 0 Å². The van der Waals surface area contributed by atoms with Crippen LogP contribution in [0.15, 0.2) is 72.8 Å². The minimum absolute atomic E-state index is 0.0175. The fraction of sp³-hybridized carbons (Fsp3) is 0.125. The molecule has 0 radical (unpaired) electrons. The fourth-order valence-corrected chi connectivity index (χ4v) is 2.73. The molecule has 0 aromatic heterocycles. The zero-order chi connectivity index (χ0) is 20.6. The predicted octanol–water partition coefficient (Wildman–Crippen LogP) is 5.32. The number of hydrogen-bond acceptors (Lipinski definition) is 4. The molecule has 0 spiro atoms. The molecular weight excluding hydrogens is 371 g/mol. The summed E-state index contributed by atoms with van der Waals surface area (Å²) in [5.41, 5.74) is 1.74. The Kier molecular flexibility index (Phi) is 6.63. The molecule has 0 heterocycles. The summed E-state index contributed by atoms with van der Waals surface area (Å²) in [5, 5.41) is 0. The van der Waals surface area contributed by atoms with Gasteiger partial charge in [-0.25, -0.2) is 4.39 Å². The van der Waals surface area contributed by atoms with Gasteiger partial charge in [0.05, 0.1) is 19.8 Å². The van der Waals surface area contributed by atoms with Crippen LogP contribution >= 0.6 is 0 Å². The number of ether oxygens (including phenoxy) is 3. The van der Waals surface area contributed by atoms with E-state index >= 15 is 0 Å². The van der Waals surface area contributed by atoms with Crippen LogP contribution in [0.4, 0.5) is 4.39 Å². The molecule has 148 valence electrons. The summed E-state index contributed by atoms with van der Waals surface area (Å²) in [6, 6.07) is 19.2. The summed E-state index contributed by atoms with van der Waals surface area (Å²) in [4.78, 5) is 12.3. The molecular formula is C24H21FO4. The van der Waals surface area contributed by atoms with E-state index in [0.29, 0.717) is 23.9 Å². The molecule has 0 amide bonds. The number of halogens is 1. The lowest BCUT2D eigenvalue weighted by Gasteiger charge is -2.11. The van der Waals surface area contributed by atoms with Crippen molar-refractivity contribution in [3.63, 3.8) is 0 Å². The van der Waals surface area contributed by atoms with Crippen molar-refractivity contribution in [2.45, 2.75) is 6.61 Å². The smallest absolute Gasteiger partial charge is 0.188 e. The average Bonchev–Trinajstić information content (AvgIpc) is 2.76. The molecule has 0 aliphatic rings. The second-order valence-corrected chi connectivity index (χ2v) is 6.23. The number of carbonyl (C=O) groups is 1. The highest BCUT2D eigenvalue weighted by molar-refractivity contribution is 6.07. The zero-order valence-electron chi connectivity index (χ0n) is 16.2. The van der Waals surface area contributed by atoms with Gasteiger partial charge in [0, 0.05) is 6.07 Å².